The van der Waals surface area contributed by atoms with Crippen LogP contribution in [0.15, 0.2) is 0 Å². The lowest BCUT2D eigenvalue weighted by Crippen LogP contribution is -2.30. The summed E-state index contributed by atoms with van der Waals surface area (Å²) < 4.78 is 46.5. The molecule has 0 fully saturated rings. The Labute approximate surface area is 103 Å². The molecule has 0 spiro atoms. The highest BCUT2D eigenvalue weighted by Gasteiger charge is 2.13. The zero-order valence-corrected chi connectivity index (χ0v) is 11.7. The molecule has 1 N–H and O–H groups in total. The summed E-state index contributed by atoms with van der Waals surface area (Å²) in [5, 5.41) is 0. The topological polar surface area (TPSA) is 80.3 Å². The molecule has 0 heterocycles. The summed E-state index contributed by atoms with van der Waals surface area (Å²) in [4.78, 5) is 0. The monoisotopic (exact) mass is 291 g/mol. The number of nitrogens with one attached hydrogen (secondary N) is 1. The maximum Gasteiger partial charge on any atom is 0.212 e. The summed E-state index contributed by atoms with van der Waals surface area (Å²) in [7, 11) is -6.70. The molecule has 98 valence electrons. The van der Waals surface area contributed by atoms with E-state index in [0.29, 0.717) is 18.8 Å². The molecule has 0 aliphatic heterocycles. The van der Waals surface area contributed by atoms with Gasteiger partial charge in [-0.3, -0.25) is 0 Å². The molecule has 8 heteroatoms. The Morgan fingerprint density at radius 2 is 1.62 bits per heavy atom. The first-order valence-corrected chi connectivity index (χ1v) is 9.22. The van der Waals surface area contributed by atoms with Crippen molar-refractivity contribution in [2.24, 2.45) is 0 Å². The molecule has 0 aromatic carbocycles. The fourth-order valence-electron chi connectivity index (χ4n) is 0.957. The van der Waals surface area contributed by atoms with Crippen molar-refractivity contribution >= 4 is 31.5 Å². The average Bonchev–Trinajstić information content (AvgIpc) is 2.14. The van der Waals surface area contributed by atoms with Gasteiger partial charge in [-0.15, -0.1) is 11.6 Å². The van der Waals surface area contributed by atoms with Crippen molar-refractivity contribution in [3.63, 3.8) is 0 Å². The first-order chi connectivity index (χ1) is 7.27. The van der Waals surface area contributed by atoms with E-state index in [2.05, 4.69) is 4.72 Å². The molecule has 0 aliphatic rings. The third-order valence-corrected chi connectivity index (χ3v) is 4.71. The van der Waals surface area contributed by atoms with Crippen LogP contribution >= 0.6 is 11.6 Å². The second-order valence-electron chi connectivity index (χ2n) is 3.59. The molecule has 0 unspecified atom stereocenters. The SMILES string of the molecule is CS(=O)(=O)CCS(=O)(=O)NCCCCCCl. The fourth-order valence-corrected chi connectivity index (χ4v) is 3.83. The quantitative estimate of drug-likeness (QED) is 0.491. The van der Waals surface area contributed by atoms with Gasteiger partial charge in [-0.25, -0.2) is 21.6 Å². The van der Waals surface area contributed by atoms with Gasteiger partial charge in [0.05, 0.1) is 11.5 Å². The Morgan fingerprint density at radius 3 is 2.12 bits per heavy atom. The van der Waals surface area contributed by atoms with Gasteiger partial charge >= 0.3 is 0 Å². The van der Waals surface area contributed by atoms with Crippen LogP contribution in [-0.2, 0) is 19.9 Å². The molecule has 0 aliphatic carbocycles. The number of hydrogen-bond donors (Lipinski definition) is 1. The number of unbranched alkanes of at least 4 members (excludes halogenated alkanes) is 2. The zero-order chi connectivity index (χ0) is 12.7. The molecule has 0 amide bonds. The Kier molecular flexibility index (Phi) is 7.54. The number of sulfone groups is 1. The summed E-state index contributed by atoms with van der Waals surface area (Å²) in [6, 6.07) is 0. The van der Waals surface area contributed by atoms with E-state index < -0.39 is 19.9 Å². The standard InChI is InChI=1S/C8H18ClNO4S2/c1-15(11,12)7-8-16(13,14)10-6-4-2-3-5-9/h10H,2-8H2,1H3. The first-order valence-electron chi connectivity index (χ1n) is 4.98. The van der Waals surface area contributed by atoms with Crippen LogP contribution in [0.1, 0.15) is 19.3 Å². The lowest BCUT2D eigenvalue weighted by atomic mass is 10.2. The summed E-state index contributed by atoms with van der Waals surface area (Å²) in [6.45, 7) is 0.336. The van der Waals surface area contributed by atoms with Crippen molar-refractivity contribution in [2.45, 2.75) is 19.3 Å². The molecule has 0 aromatic heterocycles. The highest BCUT2D eigenvalue weighted by atomic mass is 35.5. The van der Waals surface area contributed by atoms with Crippen molar-refractivity contribution in [2.75, 3.05) is 30.2 Å². The number of halogens is 1. The summed E-state index contributed by atoms with van der Waals surface area (Å²) in [5.41, 5.74) is 0. The third-order valence-electron chi connectivity index (χ3n) is 1.86. The summed E-state index contributed by atoms with van der Waals surface area (Å²) in [6.07, 6.45) is 3.44. The van der Waals surface area contributed by atoms with E-state index in [1.807, 2.05) is 0 Å². The average molecular weight is 292 g/mol. The molecular formula is C8H18ClNO4S2. The van der Waals surface area contributed by atoms with Crippen LogP contribution in [0.2, 0.25) is 0 Å². The Morgan fingerprint density at radius 1 is 1.00 bits per heavy atom. The number of alkyl halides is 1. The first kappa shape index (κ1) is 16.1. The van der Waals surface area contributed by atoms with Crippen LogP contribution in [0.5, 0.6) is 0 Å². The van der Waals surface area contributed by atoms with Crippen LogP contribution in [0, 0.1) is 0 Å². The predicted octanol–water partition coefficient (Wildman–Crippen LogP) is 0.359. The van der Waals surface area contributed by atoms with Crippen molar-refractivity contribution < 1.29 is 16.8 Å². The van der Waals surface area contributed by atoms with E-state index in [0.717, 1.165) is 19.1 Å². The smallest absolute Gasteiger partial charge is 0.212 e. The van der Waals surface area contributed by atoms with Crippen molar-refractivity contribution in [3.8, 4) is 0 Å². The van der Waals surface area contributed by atoms with Gasteiger partial charge in [0.15, 0.2) is 0 Å². The Bertz CT molecular complexity index is 377. The molecular weight excluding hydrogens is 274 g/mol. The third kappa shape index (κ3) is 10.7. The molecule has 0 aromatic rings. The van der Waals surface area contributed by atoms with E-state index >= 15 is 0 Å². The molecule has 0 saturated heterocycles. The van der Waals surface area contributed by atoms with E-state index in [-0.39, 0.29) is 11.5 Å². The molecule has 16 heavy (non-hydrogen) atoms. The highest BCUT2D eigenvalue weighted by molar-refractivity contribution is 7.93. The van der Waals surface area contributed by atoms with Crippen molar-refractivity contribution in [3.05, 3.63) is 0 Å². The molecule has 0 atom stereocenters. The normalized spacial score (nSPS) is 12.9. The minimum Gasteiger partial charge on any atom is -0.229 e. The summed E-state index contributed by atoms with van der Waals surface area (Å²) in [5.74, 6) is -0.147. The largest absolute Gasteiger partial charge is 0.229 e. The second-order valence-corrected chi connectivity index (χ2v) is 8.16. The van der Waals surface area contributed by atoms with Crippen LogP contribution < -0.4 is 4.72 Å². The van der Waals surface area contributed by atoms with Crippen LogP contribution in [-0.4, -0.2) is 47.0 Å². The van der Waals surface area contributed by atoms with Crippen LogP contribution in [0.25, 0.3) is 0 Å². The maximum atomic E-state index is 11.3. The predicted molar refractivity (Wildman–Crippen MR) is 66.1 cm³/mol. The molecule has 5 nitrogen and oxygen atoms in total. The Hall–Kier alpha value is 0.150. The van der Waals surface area contributed by atoms with Crippen LogP contribution in [0.4, 0.5) is 0 Å². The van der Waals surface area contributed by atoms with Gasteiger partial charge in [-0.2, -0.15) is 0 Å². The zero-order valence-electron chi connectivity index (χ0n) is 9.28. The van der Waals surface area contributed by atoms with E-state index in [4.69, 9.17) is 11.6 Å². The molecule has 0 bridgehead atoms. The maximum absolute atomic E-state index is 11.3. The van der Waals surface area contributed by atoms with Gasteiger partial charge in [0, 0.05) is 18.7 Å². The number of hydrogen-bond acceptors (Lipinski definition) is 4. The van der Waals surface area contributed by atoms with Gasteiger partial charge in [0.1, 0.15) is 9.84 Å². The molecule has 0 rings (SSSR count). The Balaban J connectivity index is 3.80. The summed E-state index contributed by atoms with van der Waals surface area (Å²) >= 11 is 5.46. The van der Waals surface area contributed by atoms with Crippen molar-refractivity contribution in [1.29, 1.82) is 0 Å². The van der Waals surface area contributed by atoms with Crippen molar-refractivity contribution in [1.82, 2.24) is 4.72 Å². The van der Waals surface area contributed by atoms with Gasteiger partial charge in [-0.05, 0) is 12.8 Å². The van der Waals surface area contributed by atoms with Gasteiger partial charge in [0.25, 0.3) is 0 Å². The fraction of sp³-hybridized carbons (Fsp3) is 1.00. The van der Waals surface area contributed by atoms with E-state index in [1.54, 1.807) is 0 Å². The second kappa shape index (κ2) is 7.47. The lowest BCUT2D eigenvalue weighted by molar-refractivity contribution is 0.574. The van der Waals surface area contributed by atoms with Gasteiger partial charge in [-0.1, -0.05) is 6.42 Å². The number of sulfonamides is 1. The lowest BCUT2D eigenvalue weighted by Gasteiger charge is -2.05. The molecule has 0 radical (unpaired) electrons. The number of rotatable bonds is 9. The van der Waals surface area contributed by atoms with Gasteiger partial charge in [0.2, 0.25) is 10.0 Å². The molecule has 0 saturated carbocycles. The van der Waals surface area contributed by atoms with E-state index in [1.165, 1.54) is 0 Å². The van der Waals surface area contributed by atoms with E-state index in [9.17, 15) is 16.8 Å². The minimum absolute atomic E-state index is 0.336. The van der Waals surface area contributed by atoms with Crippen LogP contribution in [0.3, 0.4) is 0 Å². The van der Waals surface area contributed by atoms with Gasteiger partial charge < -0.3 is 0 Å². The minimum atomic E-state index is -3.46. The highest BCUT2D eigenvalue weighted by Crippen LogP contribution is 1.97.